The van der Waals surface area contributed by atoms with Crippen LogP contribution in [0.25, 0.3) is 0 Å². The van der Waals surface area contributed by atoms with Crippen LogP contribution in [0.15, 0.2) is 30.7 Å². The highest BCUT2D eigenvalue weighted by Crippen LogP contribution is 2.19. The lowest BCUT2D eigenvalue weighted by Gasteiger charge is -2.08. The maximum absolute atomic E-state index is 11.7. The minimum Gasteiger partial charge on any atom is -0.480 e. The molecule has 0 aromatic carbocycles. The first kappa shape index (κ1) is 11.9. The van der Waals surface area contributed by atoms with E-state index in [-0.39, 0.29) is 6.03 Å². The number of rotatable bonds is 3. The number of anilines is 2. The molecule has 0 fully saturated rings. The van der Waals surface area contributed by atoms with Gasteiger partial charge in [0, 0.05) is 19.4 Å². The molecule has 0 radical (unpaired) electrons. The molecule has 2 amide bonds. The Kier molecular flexibility index (Phi) is 3.42. The number of carbonyl (C=O) groups is 1. The number of hydrogen-bond acceptors (Lipinski definition) is 4. The van der Waals surface area contributed by atoms with E-state index < -0.39 is 0 Å². The molecular formula is C11H13N5O2. The molecule has 0 aliphatic carbocycles. The van der Waals surface area contributed by atoms with Crippen molar-refractivity contribution in [1.29, 1.82) is 0 Å². The summed E-state index contributed by atoms with van der Waals surface area (Å²) in [4.78, 5) is 15.7. The van der Waals surface area contributed by atoms with Gasteiger partial charge in [0.25, 0.3) is 0 Å². The first-order chi connectivity index (χ1) is 8.69. The van der Waals surface area contributed by atoms with Crippen molar-refractivity contribution in [2.24, 2.45) is 7.05 Å². The zero-order valence-electron chi connectivity index (χ0n) is 10.0. The Morgan fingerprint density at radius 2 is 2.28 bits per heavy atom. The predicted octanol–water partition coefficient (Wildman–Crippen LogP) is 1.47. The highest BCUT2D eigenvalue weighted by atomic mass is 16.5. The van der Waals surface area contributed by atoms with Gasteiger partial charge in [0.2, 0.25) is 5.88 Å². The lowest BCUT2D eigenvalue weighted by molar-refractivity contribution is 0.262. The summed E-state index contributed by atoms with van der Waals surface area (Å²) in [5, 5.41) is 9.24. The molecule has 2 heterocycles. The molecule has 2 aromatic rings. The first-order valence-corrected chi connectivity index (χ1v) is 5.24. The Hall–Kier alpha value is -2.57. The SMILES string of the molecule is COc1ncccc1NC(=O)Nc1cnn(C)c1. The minimum atomic E-state index is -0.380. The highest BCUT2D eigenvalue weighted by Gasteiger charge is 2.08. The Morgan fingerprint density at radius 3 is 2.94 bits per heavy atom. The van der Waals surface area contributed by atoms with Crippen LogP contribution in [0.3, 0.4) is 0 Å². The van der Waals surface area contributed by atoms with Crippen molar-refractivity contribution in [3.63, 3.8) is 0 Å². The highest BCUT2D eigenvalue weighted by molar-refractivity contribution is 6.00. The number of nitrogens with zero attached hydrogens (tertiary/aromatic N) is 3. The molecule has 0 saturated carbocycles. The van der Waals surface area contributed by atoms with Crippen molar-refractivity contribution in [2.45, 2.75) is 0 Å². The predicted molar refractivity (Wildman–Crippen MR) is 66.6 cm³/mol. The quantitative estimate of drug-likeness (QED) is 0.860. The van der Waals surface area contributed by atoms with Crippen molar-refractivity contribution in [1.82, 2.24) is 14.8 Å². The number of nitrogens with one attached hydrogen (secondary N) is 2. The molecule has 0 aliphatic rings. The third kappa shape index (κ3) is 2.76. The summed E-state index contributed by atoms with van der Waals surface area (Å²) in [6.07, 6.45) is 4.84. The Bertz CT molecular complexity index is 552. The maximum atomic E-state index is 11.7. The molecule has 0 atom stereocenters. The fourth-order valence-corrected chi connectivity index (χ4v) is 1.42. The molecule has 0 unspecified atom stereocenters. The second kappa shape index (κ2) is 5.17. The van der Waals surface area contributed by atoms with Crippen LogP contribution in [0.2, 0.25) is 0 Å². The van der Waals surface area contributed by atoms with Gasteiger partial charge in [-0.3, -0.25) is 4.68 Å². The fraction of sp³-hybridized carbons (Fsp3) is 0.182. The molecule has 7 heteroatoms. The summed E-state index contributed by atoms with van der Waals surface area (Å²) >= 11 is 0. The average Bonchev–Trinajstić information content (AvgIpc) is 2.75. The molecule has 2 aromatic heterocycles. The number of ether oxygens (including phenoxy) is 1. The minimum absolute atomic E-state index is 0.360. The van der Waals surface area contributed by atoms with Crippen LogP contribution < -0.4 is 15.4 Å². The molecule has 2 N–H and O–H groups in total. The Balaban J connectivity index is 2.03. The number of aryl methyl sites for hydroxylation is 1. The number of hydrogen-bond donors (Lipinski definition) is 2. The topological polar surface area (TPSA) is 81.1 Å². The van der Waals surface area contributed by atoms with Crippen LogP contribution in [0.4, 0.5) is 16.2 Å². The summed E-state index contributed by atoms with van der Waals surface area (Å²) in [6, 6.07) is 3.03. The van der Waals surface area contributed by atoms with Crippen molar-refractivity contribution >= 4 is 17.4 Å². The van der Waals surface area contributed by atoms with E-state index in [0.29, 0.717) is 17.3 Å². The van der Waals surface area contributed by atoms with Crippen molar-refractivity contribution in [3.05, 3.63) is 30.7 Å². The van der Waals surface area contributed by atoms with Crippen LogP contribution in [0.5, 0.6) is 5.88 Å². The molecule has 2 rings (SSSR count). The Morgan fingerprint density at radius 1 is 1.44 bits per heavy atom. The standard InChI is InChI=1S/C11H13N5O2/c1-16-7-8(6-13-16)14-11(17)15-9-4-3-5-12-10(9)18-2/h3-7H,1-2H3,(H2,14,15,17). The maximum Gasteiger partial charge on any atom is 0.323 e. The van der Waals surface area contributed by atoms with Crippen molar-refractivity contribution < 1.29 is 9.53 Å². The normalized spacial score (nSPS) is 9.89. The van der Waals surface area contributed by atoms with Gasteiger partial charge < -0.3 is 15.4 Å². The second-order valence-electron chi connectivity index (χ2n) is 3.54. The van der Waals surface area contributed by atoms with E-state index in [4.69, 9.17) is 4.74 Å². The molecule has 94 valence electrons. The van der Waals surface area contributed by atoms with Gasteiger partial charge in [-0.1, -0.05) is 0 Å². The lowest BCUT2D eigenvalue weighted by Crippen LogP contribution is -2.19. The van der Waals surface area contributed by atoms with Crippen LogP contribution in [-0.2, 0) is 7.05 Å². The van der Waals surface area contributed by atoms with Crippen LogP contribution in [0, 0.1) is 0 Å². The fourth-order valence-electron chi connectivity index (χ4n) is 1.42. The van der Waals surface area contributed by atoms with E-state index >= 15 is 0 Å². The first-order valence-electron chi connectivity index (χ1n) is 5.24. The van der Waals surface area contributed by atoms with Crippen LogP contribution in [-0.4, -0.2) is 27.9 Å². The van der Waals surface area contributed by atoms with Gasteiger partial charge in [0.1, 0.15) is 5.69 Å². The number of urea groups is 1. The summed E-state index contributed by atoms with van der Waals surface area (Å²) in [6.45, 7) is 0. The van der Waals surface area contributed by atoms with E-state index in [2.05, 4.69) is 20.7 Å². The van der Waals surface area contributed by atoms with Gasteiger partial charge in [0.05, 0.1) is 19.0 Å². The van der Waals surface area contributed by atoms with E-state index in [1.165, 1.54) is 7.11 Å². The van der Waals surface area contributed by atoms with E-state index in [0.717, 1.165) is 0 Å². The van der Waals surface area contributed by atoms with Crippen molar-refractivity contribution in [3.8, 4) is 5.88 Å². The molecule has 0 saturated heterocycles. The summed E-state index contributed by atoms with van der Waals surface area (Å²) in [7, 11) is 3.26. The van der Waals surface area contributed by atoms with Crippen LogP contribution in [0.1, 0.15) is 0 Å². The van der Waals surface area contributed by atoms with Gasteiger partial charge in [-0.05, 0) is 12.1 Å². The van der Waals surface area contributed by atoms with E-state index in [1.807, 2.05) is 0 Å². The molecule has 0 aliphatic heterocycles. The Labute approximate surface area is 104 Å². The second-order valence-corrected chi connectivity index (χ2v) is 3.54. The number of methoxy groups -OCH3 is 1. The zero-order chi connectivity index (χ0) is 13.0. The zero-order valence-corrected chi connectivity index (χ0v) is 10.0. The number of aromatic nitrogens is 3. The van der Waals surface area contributed by atoms with E-state index in [9.17, 15) is 4.79 Å². The van der Waals surface area contributed by atoms with Crippen molar-refractivity contribution in [2.75, 3.05) is 17.7 Å². The monoisotopic (exact) mass is 247 g/mol. The summed E-state index contributed by atoms with van der Waals surface area (Å²) < 4.78 is 6.63. The average molecular weight is 247 g/mol. The number of amides is 2. The third-order valence-electron chi connectivity index (χ3n) is 2.18. The third-order valence-corrected chi connectivity index (χ3v) is 2.18. The lowest BCUT2D eigenvalue weighted by atomic mass is 10.4. The van der Waals surface area contributed by atoms with Gasteiger partial charge >= 0.3 is 6.03 Å². The van der Waals surface area contributed by atoms with Gasteiger partial charge in [-0.2, -0.15) is 5.10 Å². The molecule has 18 heavy (non-hydrogen) atoms. The summed E-state index contributed by atoms with van der Waals surface area (Å²) in [5.41, 5.74) is 1.11. The number of pyridine rings is 1. The van der Waals surface area contributed by atoms with Crippen LogP contribution >= 0.6 is 0 Å². The molecule has 0 spiro atoms. The van der Waals surface area contributed by atoms with Gasteiger partial charge in [0.15, 0.2) is 0 Å². The van der Waals surface area contributed by atoms with Gasteiger partial charge in [-0.15, -0.1) is 0 Å². The molecule has 7 nitrogen and oxygen atoms in total. The number of carbonyl (C=O) groups excluding carboxylic acids is 1. The van der Waals surface area contributed by atoms with E-state index in [1.54, 1.807) is 42.5 Å². The molecule has 0 bridgehead atoms. The molecular weight excluding hydrogens is 234 g/mol. The summed E-state index contributed by atoms with van der Waals surface area (Å²) in [5.74, 6) is 0.360. The largest absolute Gasteiger partial charge is 0.480 e. The van der Waals surface area contributed by atoms with Gasteiger partial charge in [-0.25, -0.2) is 9.78 Å². The smallest absolute Gasteiger partial charge is 0.323 e.